The maximum Gasteiger partial charge on any atom is 0.350 e. The van der Waals surface area contributed by atoms with Crippen molar-refractivity contribution in [3.05, 3.63) is 35.2 Å². The van der Waals surface area contributed by atoms with Crippen LogP contribution in [0, 0.1) is 5.92 Å². The lowest BCUT2D eigenvalue weighted by molar-refractivity contribution is -0.187. The SMILES string of the molecule is C/C=C1\C[C@@H](C)[C@@](C)(OC(C)=O)C(=O)OCc2ccn3c2[C@H](CC3=O)OC1=O. The van der Waals surface area contributed by atoms with Crippen LogP contribution in [0.15, 0.2) is 23.9 Å². The van der Waals surface area contributed by atoms with E-state index in [-0.39, 0.29) is 25.4 Å². The van der Waals surface area contributed by atoms with Gasteiger partial charge in [0.25, 0.3) is 0 Å². The second kappa shape index (κ2) is 7.26. The van der Waals surface area contributed by atoms with E-state index in [4.69, 9.17) is 14.2 Å². The predicted octanol–water partition coefficient (Wildman–Crippen LogP) is 2.47. The minimum atomic E-state index is -1.57. The fraction of sp³-hybridized carbons (Fsp3) is 0.500. The van der Waals surface area contributed by atoms with E-state index in [0.29, 0.717) is 16.8 Å². The summed E-state index contributed by atoms with van der Waals surface area (Å²) in [4.78, 5) is 49.4. The van der Waals surface area contributed by atoms with Crippen LogP contribution in [0.25, 0.3) is 0 Å². The molecule has 1 aromatic rings. The lowest BCUT2D eigenvalue weighted by Gasteiger charge is -2.33. The number of hydrogen-bond donors (Lipinski definition) is 0. The van der Waals surface area contributed by atoms with Crippen LogP contribution < -0.4 is 0 Å². The molecule has 3 atom stereocenters. The van der Waals surface area contributed by atoms with Crippen molar-refractivity contribution in [2.45, 2.75) is 58.8 Å². The molecule has 0 aromatic carbocycles. The number of ether oxygens (including phenoxy) is 3. The number of nitrogens with zero attached hydrogens (tertiary/aromatic N) is 1. The van der Waals surface area contributed by atoms with Crippen LogP contribution in [0.1, 0.15) is 62.7 Å². The fourth-order valence-electron chi connectivity index (χ4n) is 3.61. The first-order valence-corrected chi connectivity index (χ1v) is 9.13. The molecule has 0 N–H and O–H groups in total. The number of allylic oxidation sites excluding steroid dienone is 1. The second-order valence-corrected chi connectivity index (χ2v) is 7.28. The average Bonchev–Trinajstić information content (AvgIpc) is 3.17. The van der Waals surface area contributed by atoms with Gasteiger partial charge in [0.1, 0.15) is 6.61 Å². The Morgan fingerprint density at radius 2 is 2.04 bits per heavy atom. The Morgan fingerprint density at radius 3 is 2.68 bits per heavy atom. The van der Waals surface area contributed by atoms with Crippen LogP contribution in [-0.2, 0) is 35.2 Å². The Kier molecular flexibility index (Phi) is 5.14. The van der Waals surface area contributed by atoms with Crippen molar-refractivity contribution in [1.82, 2.24) is 4.57 Å². The summed E-state index contributed by atoms with van der Waals surface area (Å²) in [6.45, 7) is 5.95. The smallest absolute Gasteiger partial charge is 0.350 e. The lowest BCUT2D eigenvalue weighted by atomic mass is 9.85. The van der Waals surface area contributed by atoms with Crippen molar-refractivity contribution in [1.29, 1.82) is 0 Å². The van der Waals surface area contributed by atoms with Gasteiger partial charge in [0.2, 0.25) is 11.5 Å². The first-order valence-electron chi connectivity index (χ1n) is 9.13. The number of carbonyl (C=O) groups is 4. The summed E-state index contributed by atoms with van der Waals surface area (Å²) in [5.74, 6) is -2.64. The van der Waals surface area contributed by atoms with E-state index in [1.54, 1.807) is 32.2 Å². The van der Waals surface area contributed by atoms with Crippen molar-refractivity contribution in [2.75, 3.05) is 0 Å². The number of cyclic esters (lactones) is 1. The van der Waals surface area contributed by atoms with Gasteiger partial charge in [-0.3, -0.25) is 14.2 Å². The van der Waals surface area contributed by atoms with Crippen molar-refractivity contribution < 1.29 is 33.4 Å². The van der Waals surface area contributed by atoms with Gasteiger partial charge < -0.3 is 14.2 Å². The highest BCUT2D eigenvalue weighted by Crippen LogP contribution is 2.36. The van der Waals surface area contributed by atoms with E-state index >= 15 is 0 Å². The molecule has 0 unspecified atom stereocenters. The van der Waals surface area contributed by atoms with Crippen LogP contribution in [0.4, 0.5) is 0 Å². The molecule has 28 heavy (non-hydrogen) atoms. The summed E-state index contributed by atoms with van der Waals surface area (Å²) >= 11 is 0. The second-order valence-electron chi connectivity index (χ2n) is 7.28. The van der Waals surface area contributed by atoms with Gasteiger partial charge in [0.05, 0.1) is 12.1 Å². The van der Waals surface area contributed by atoms with Crippen LogP contribution in [-0.4, -0.2) is 34.0 Å². The van der Waals surface area contributed by atoms with Gasteiger partial charge in [0, 0.05) is 30.2 Å². The zero-order chi connectivity index (χ0) is 20.6. The summed E-state index contributed by atoms with van der Waals surface area (Å²) in [5, 5.41) is 0. The topological polar surface area (TPSA) is 101 Å². The Labute approximate surface area is 162 Å². The molecule has 8 heteroatoms. The molecule has 0 fully saturated rings. The van der Waals surface area contributed by atoms with Gasteiger partial charge in [-0.1, -0.05) is 13.0 Å². The molecule has 3 heterocycles. The number of hydrogen-bond acceptors (Lipinski definition) is 7. The van der Waals surface area contributed by atoms with Crippen LogP contribution in [0.5, 0.6) is 0 Å². The zero-order valence-corrected chi connectivity index (χ0v) is 16.3. The van der Waals surface area contributed by atoms with Crippen LogP contribution in [0.2, 0.25) is 0 Å². The molecule has 0 saturated heterocycles. The summed E-state index contributed by atoms with van der Waals surface area (Å²) in [6.07, 6.45) is 2.62. The summed E-state index contributed by atoms with van der Waals surface area (Å²) in [7, 11) is 0. The van der Waals surface area contributed by atoms with Crippen molar-refractivity contribution >= 4 is 23.8 Å². The van der Waals surface area contributed by atoms with Crippen molar-refractivity contribution in [3.8, 4) is 0 Å². The maximum absolute atomic E-state index is 12.8. The molecule has 0 amide bonds. The molecule has 2 aliphatic heterocycles. The zero-order valence-electron chi connectivity index (χ0n) is 16.3. The molecule has 1 aromatic heterocycles. The van der Waals surface area contributed by atoms with E-state index in [9.17, 15) is 19.2 Å². The third kappa shape index (κ3) is 3.34. The molecule has 150 valence electrons. The molecular weight excluding hydrogens is 366 g/mol. The third-order valence-electron chi connectivity index (χ3n) is 5.39. The van der Waals surface area contributed by atoms with E-state index in [2.05, 4.69) is 0 Å². The van der Waals surface area contributed by atoms with Crippen molar-refractivity contribution in [2.24, 2.45) is 5.92 Å². The molecule has 0 bridgehead atoms. The third-order valence-corrected chi connectivity index (χ3v) is 5.39. The van der Waals surface area contributed by atoms with Crippen LogP contribution >= 0.6 is 0 Å². The van der Waals surface area contributed by atoms with Gasteiger partial charge in [-0.15, -0.1) is 0 Å². The minimum absolute atomic E-state index is 0.0422. The lowest BCUT2D eigenvalue weighted by Crippen LogP contribution is -2.47. The molecule has 0 aliphatic carbocycles. The Hall–Kier alpha value is -2.90. The summed E-state index contributed by atoms with van der Waals surface area (Å²) in [5.41, 5.74) is -0.169. The van der Waals surface area contributed by atoms with E-state index in [1.165, 1.54) is 18.4 Å². The first-order chi connectivity index (χ1) is 13.2. The first kappa shape index (κ1) is 19.9. The van der Waals surface area contributed by atoms with E-state index in [0.717, 1.165) is 0 Å². The average molecular weight is 389 g/mol. The normalized spacial score (nSPS) is 29.4. The molecular formula is C20H23NO7. The predicted molar refractivity (Wildman–Crippen MR) is 96.0 cm³/mol. The standard InChI is InChI=1S/C20H23NO7/c1-5-13-8-11(2)20(4,28-12(3)22)19(25)26-10-14-6-7-21-16(23)9-15(17(14)21)27-18(13)24/h5-7,11,15H,8-10H2,1-4H3/b13-5+/t11-,15+,20-/m1/s1. The van der Waals surface area contributed by atoms with Gasteiger partial charge in [0.15, 0.2) is 6.10 Å². The Balaban J connectivity index is 2.04. The molecule has 0 spiro atoms. The molecule has 2 aliphatic rings. The van der Waals surface area contributed by atoms with E-state index < -0.39 is 35.5 Å². The Morgan fingerprint density at radius 1 is 1.32 bits per heavy atom. The number of rotatable bonds is 1. The highest BCUT2D eigenvalue weighted by Gasteiger charge is 2.46. The quantitative estimate of drug-likeness (QED) is 0.413. The highest BCUT2D eigenvalue weighted by atomic mass is 16.6. The fourth-order valence-corrected chi connectivity index (χ4v) is 3.61. The largest absolute Gasteiger partial charge is 0.458 e. The molecule has 8 nitrogen and oxygen atoms in total. The summed E-state index contributed by atoms with van der Waals surface area (Å²) in [6, 6.07) is 1.65. The van der Waals surface area contributed by atoms with Crippen LogP contribution in [0.3, 0.4) is 0 Å². The molecule has 3 rings (SSSR count). The van der Waals surface area contributed by atoms with Crippen molar-refractivity contribution in [3.63, 3.8) is 0 Å². The Bertz CT molecular complexity index is 881. The highest BCUT2D eigenvalue weighted by molar-refractivity contribution is 5.91. The van der Waals surface area contributed by atoms with Gasteiger partial charge in [-0.05, 0) is 26.3 Å². The molecule has 0 saturated carbocycles. The van der Waals surface area contributed by atoms with E-state index in [1.807, 2.05) is 0 Å². The minimum Gasteiger partial charge on any atom is -0.458 e. The summed E-state index contributed by atoms with van der Waals surface area (Å²) < 4.78 is 17.8. The molecule has 0 radical (unpaired) electrons. The maximum atomic E-state index is 12.8. The number of aromatic nitrogens is 1. The van der Waals surface area contributed by atoms with Gasteiger partial charge in [-0.2, -0.15) is 0 Å². The van der Waals surface area contributed by atoms with Gasteiger partial charge in [-0.25, -0.2) is 9.59 Å². The monoisotopic (exact) mass is 389 g/mol. The number of esters is 3. The number of carbonyl (C=O) groups excluding carboxylic acids is 4. The van der Waals surface area contributed by atoms with Gasteiger partial charge >= 0.3 is 17.9 Å².